The van der Waals surface area contributed by atoms with Gasteiger partial charge in [0.2, 0.25) is 0 Å². The molecule has 0 amide bonds. The highest BCUT2D eigenvalue weighted by Crippen LogP contribution is 2.29. The van der Waals surface area contributed by atoms with E-state index < -0.39 is 36.1 Å². The molecule has 21 heteroatoms. The number of anilines is 1. The highest BCUT2D eigenvalue weighted by atomic mass is 32.1. The summed E-state index contributed by atoms with van der Waals surface area (Å²) in [4.78, 5) is 39.1. The monoisotopic (exact) mass is 675 g/mol. The molecular weight excluding hydrogens is 650 g/mol. The molecule has 0 bridgehead atoms. The maximum absolute atomic E-state index is 12.8. The molecule has 0 saturated carbocycles. The maximum atomic E-state index is 12.8. The van der Waals surface area contributed by atoms with E-state index in [0.717, 1.165) is 52.0 Å². The van der Waals surface area contributed by atoms with E-state index in [-0.39, 0.29) is 18.7 Å². The fourth-order valence-electron chi connectivity index (χ4n) is 3.37. The van der Waals surface area contributed by atoms with Crippen molar-refractivity contribution in [2.75, 3.05) is 37.6 Å². The Bertz CT molecular complexity index is 1480. The number of nitrogens with zero attached hydrogens (tertiary/aromatic N) is 5. The van der Waals surface area contributed by atoms with Gasteiger partial charge in [0.05, 0.1) is 13.1 Å². The quantitative estimate of drug-likeness (QED) is 0.273. The highest BCUT2D eigenvalue weighted by Gasteiger charge is 2.38. The fraction of sp³-hybridized carbons (Fsp3) is 0.375. The van der Waals surface area contributed by atoms with Crippen molar-refractivity contribution in [1.29, 1.82) is 0 Å². The molecule has 4 rings (SSSR count). The van der Waals surface area contributed by atoms with E-state index in [4.69, 9.17) is 25.5 Å². The molecule has 0 aliphatic carbocycles. The van der Waals surface area contributed by atoms with Gasteiger partial charge < -0.3 is 26.2 Å². The molecule has 0 unspecified atom stereocenters. The topological polar surface area (TPSA) is 169 Å². The Labute approximate surface area is 252 Å². The molecular formula is C24H25F8N7O5S. The van der Waals surface area contributed by atoms with Gasteiger partial charge in [-0.15, -0.1) is 11.3 Å². The van der Waals surface area contributed by atoms with Crippen molar-refractivity contribution in [3.63, 3.8) is 0 Å². The van der Waals surface area contributed by atoms with Crippen LogP contribution in [0.2, 0.25) is 0 Å². The van der Waals surface area contributed by atoms with E-state index in [9.17, 15) is 39.9 Å². The number of carbonyl (C=O) groups is 2. The van der Waals surface area contributed by atoms with Crippen molar-refractivity contribution in [3.8, 4) is 10.4 Å². The lowest BCUT2D eigenvalue weighted by Crippen LogP contribution is -2.43. The summed E-state index contributed by atoms with van der Waals surface area (Å²) in [5, 5.41) is 21.5. The first-order chi connectivity index (χ1) is 20.9. The molecule has 0 radical (unpaired) electrons. The molecule has 1 aliphatic heterocycles. The van der Waals surface area contributed by atoms with Crippen LogP contribution in [0, 0.1) is 0 Å². The van der Waals surface area contributed by atoms with E-state index in [2.05, 4.69) is 26.4 Å². The predicted molar refractivity (Wildman–Crippen MR) is 144 cm³/mol. The van der Waals surface area contributed by atoms with Gasteiger partial charge in [-0.1, -0.05) is 0 Å². The maximum Gasteiger partial charge on any atom is 0.490 e. The minimum Gasteiger partial charge on any atom is -0.475 e. The van der Waals surface area contributed by atoms with Gasteiger partial charge >= 0.3 is 30.0 Å². The lowest BCUT2D eigenvalue weighted by molar-refractivity contribution is -0.193. The second kappa shape index (κ2) is 16.1. The number of nitrogens with one attached hydrogen (secondary N) is 1. The van der Waals surface area contributed by atoms with Crippen LogP contribution in [0.4, 0.5) is 40.9 Å². The normalized spacial score (nSPS) is 13.2. The molecule has 45 heavy (non-hydrogen) atoms. The van der Waals surface area contributed by atoms with E-state index in [0.29, 0.717) is 6.54 Å². The van der Waals surface area contributed by atoms with Crippen LogP contribution in [0.3, 0.4) is 0 Å². The Hall–Kier alpha value is -4.37. The van der Waals surface area contributed by atoms with Crippen molar-refractivity contribution < 1.29 is 54.9 Å². The van der Waals surface area contributed by atoms with Crippen LogP contribution in [0.25, 0.3) is 10.4 Å². The summed E-state index contributed by atoms with van der Waals surface area (Å²) in [7, 11) is 0. The molecule has 3 aromatic heterocycles. The molecule has 4 heterocycles. The zero-order valence-corrected chi connectivity index (χ0v) is 23.6. The Kier molecular flexibility index (Phi) is 13.2. The van der Waals surface area contributed by atoms with Gasteiger partial charge in [0.1, 0.15) is 12.1 Å². The highest BCUT2D eigenvalue weighted by molar-refractivity contribution is 7.15. The number of rotatable bonds is 7. The van der Waals surface area contributed by atoms with E-state index in [1.54, 1.807) is 11.3 Å². The number of hydrogen-bond acceptors (Lipinski definition) is 9. The van der Waals surface area contributed by atoms with Crippen LogP contribution < -0.4 is 21.6 Å². The standard InChI is InChI=1S/C20H23F2N7OS.2C2HF3O2/c21-19(22)15(9-23)11-29-20(30)28(13-26-29)12-16-2-3-17(31-16)14-1-4-18(25-10-14)27-7-5-24-6-8-27;2*3-2(4,5)1(6)7/h1-4,10,13,24H,5-9,11-12,23H2;2*(H,6,7). The third-order valence-electron chi connectivity index (χ3n) is 5.60. The van der Waals surface area contributed by atoms with Crippen LogP contribution in [-0.2, 0) is 22.7 Å². The van der Waals surface area contributed by atoms with Crippen molar-refractivity contribution in [2.24, 2.45) is 5.73 Å². The molecule has 1 fully saturated rings. The Morgan fingerprint density at radius 2 is 1.56 bits per heavy atom. The predicted octanol–water partition coefficient (Wildman–Crippen LogP) is 3.00. The van der Waals surface area contributed by atoms with Crippen LogP contribution in [0.5, 0.6) is 0 Å². The third kappa shape index (κ3) is 11.6. The summed E-state index contributed by atoms with van der Waals surface area (Å²) in [6, 6.07) is 8.02. The molecule has 3 aromatic rings. The zero-order chi connectivity index (χ0) is 33.9. The number of pyridine rings is 1. The van der Waals surface area contributed by atoms with E-state index in [1.807, 2.05) is 24.4 Å². The van der Waals surface area contributed by atoms with Gasteiger partial charge in [-0.3, -0.25) is 4.57 Å². The summed E-state index contributed by atoms with van der Waals surface area (Å²) in [5.41, 5.74) is 5.57. The van der Waals surface area contributed by atoms with Crippen LogP contribution in [0.1, 0.15) is 4.88 Å². The average Bonchev–Trinajstić information content (AvgIpc) is 3.58. The summed E-state index contributed by atoms with van der Waals surface area (Å²) < 4.78 is 91.5. The molecule has 248 valence electrons. The van der Waals surface area contributed by atoms with Crippen LogP contribution in [-0.4, -0.2) is 86.6 Å². The molecule has 1 aliphatic rings. The van der Waals surface area contributed by atoms with Crippen molar-refractivity contribution in [2.45, 2.75) is 25.4 Å². The number of aromatic nitrogens is 4. The number of aliphatic carboxylic acids is 2. The Morgan fingerprint density at radius 1 is 0.978 bits per heavy atom. The molecule has 5 N–H and O–H groups in total. The smallest absolute Gasteiger partial charge is 0.475 e. The lowest BCUT2D eigenvalue weighted by atomic mass is 10.2. The molecule has 1 saturated heterocycles. The van der Waals surface area contributed by atoms with Gasteiger partial charge in [0.25, 0.3) is 6.08 Å². The number of hydrogen-bond donors (Lipinski definition) is 4. The summed E-state index contributed by atoms with van der Waals surface area (Å²) >= 11 is 1.55. The number of carboxylic acids is 2. The first-order valence-electron chi connectivity index (χ1n) is 12.4. The van der Waals surface area contributed by atoms with Crippen molar-refractivity contribution in [3.05, 3.63) is 63.8 Å². The summed E-state index contributed by atoms with van der Waals surface area (Å²) in [6.45, 7) is 3.48. The molecule has 12 nitrogen and oxygen atoms in total. The van der Waals surface area contributed by atoms with Crippen molar-refractivity contribution >= 4 is 29.1 Å². The third-order valence-corrected chi connectivity index (χ3v) is 6.72. The molecule has 0 aromatic carbocycles. The van der Waals surface area contributed by atoms with Crippen LogP contribution >= 0.6 is 11.3 Å². The summed E-state index contributed by atoms with van der Waals surface area (Å²) in [6.07, 6.45) is -8.82. The minimum absolute atomic E-state index is 0.303. The first-order valence-corrected chi connectivity index (χ1v) is 13.2. The second-order valence-corrected chi connectivity index (χ2v) is 9.95. The number of thiophene rings is 1. The van der Waals surface area contributed by atoms with Crippen molar-refractivity contribution in [1.82, 2.24) is 24.6 Å². The lowest BCUT2D eigenvalue weighted by Gasteiger charge is -2.28. The number of alkyl halides is 6. The SMILES string of the molecule is NCC(Cn1ncn(Cc2ccc(-c3ccc(N4CCNCC4)nc3)s2)c1=O)=C(F)F.O=C(O)C(F)(F)F.O=C(O)C(F)(F)F. The van der Waals surface area contributed by atoms with Gasteiger partial charge in [-0.05, 0) is 24.3 Å². The Morgan fingerprint density at radius 3 is 2.02 bits per heavy atom. The van der Waals surface area contributed by atoms with Gasteiger partial charge in [0.15, 0.2) is 0 Å². The summed E-state index contributed by atoms with van der Waals surface area (Å²) in [5.74, 6) is -4.54. The Balaban J connectivity index is 0.000000421. The van der Waals surface area contributed by atoms with E-state index in [1.165, 1.54) is 10.9 Å². The van der Waals surface area contributed by atoms with Gasteiger partial charge in [0, 0.05) is 59.8 Å². The minimum atomic E-state index is -5.08. The number of halogens is 8. The van der Waals surface area contributed by atoms with Crippen LogP contribution in [0.15, 0.2) is 53.2 Å². The second-order valence-electron chi connectivity index (χ2n) is 8.78. The van der Waals surface area contributed by atoms with E-state index >= 15 is 0 Å². The molecule has 0 atom stereocenters. The largest absolute Gasteiger partial charge is 0.490 e. The van der Waals surface area contributed by atoms with Gasteiger partial charge in [-0.2, -0.15) is 40.2 Å². The first kappa shape index (κ1) is 36.8. The fourth-order valence-corrected chi connectivity index (χ4v) is 4.37. The zero-order valence-electron chi connectivity index (χ0n) is 22.8. The average molecular weight is 676 g/mol. The molecule has 0 spiro atoms. The number of carboxylic acid groups (broad SMARTS) is 2. The number of piperazine rings is 1. The number of nitrogens with two attached hydrogens (primary N) is 1. The van der Waals surface area contributed by atoms with Gasteiger partial charge in [-0.25, -0.2) is 24.0 Å².